The van der Waals surface area contributed by atoms with Gasteiger partial charge in [0.05, 0.1) is 11.8 Å². The molecule has 0 unspecified atom stereocenters. The molecule has 3 fully saturated rings. The Kier molecular flexibility index (Phi) is 5.22. The fraction of sp³-hybridized carbons (Fsp3) is 0.636. The second kappa shape index (κ2) is 7.63. The van der Waals surface area contributed by atoms with Crippen LogP contribution in [0.1, 0.15) is 43.2 Å². The largest absolute Gasteiger partial charge is 0.350 e. The van der Waals surface area contributed by atoms with Gasteiger partial charge in [0.2, 0.25) is 11.8 Å². The standard InChI is InChI=1S/C22H31N3O2/c1-16-5-4-6-17(11-16)13-22(7-8-22)24-20(26)18-12-19(15-23-14-18)21(27)25-9-2-3-10-25/h4-6,11,18-19,23H,2-3,7-10,12-15H2,1H3,(H,24,26)/t18-,19-/m1/s1. The van der Waals surface area contributed by atoms with Crippen LogP contribution in [-0.4, -0.2) is 48.4 Å². The van der Waals surface area contributed by atoms with Gasteiger partial charge in [-0.1, -0.05) is 29.8 Å². The lowest BCUT2D eigenvalue weighted by molar-refractivity contribution is -0.136. The summed E-state index contributed by atoms with van der Waals surface area (Å²) in [5, 5.41) is 6.66. The first-order valence-electron chi connectivity index (χ1n) is 10.4. The predicted molar refractivity (Wildman–Crippen MR) is 105 cm³/mol. The number of hydrogen-bond acceptors (Lipinski definition) is 3. The summed E-state index contributed by atoms with van der Waals surface area (Å²) in [5.74, 6) is 0.190. The highest BCUT2D eigenvalue weighted by Gasteiger charge is 2.45. The molecule has 1 aromatic rings. The zero-order valence-corrected chi connectivity index (χ0v) is 16.3. The number of hydrogen-bond donors (Lipinski definition) is 2. The minimum atomic E-state index is -0.106. The Hall–Kier alpha value is -1.88. The van der Waals surface area contributed by atoms with E-state index in [0.717, 1.165) is 45.2 Å². The van der Waals surface area contributed by atoms with Crippen LogP contribution >= 0.6 is 0 Å². The highest BCUT2D eigenvalue weighted by Crippen LogP contribution is 2.39. The van der Waals surface area contributed by atoms with Gasteiger partial charge in [0.1, 0.15) is 0 Å². The van der Waals surface area contributed by atoms with Gasteiger partial charge in [0.15, 0.2) is 0 Å². The summed E-state index contributed by atoms with van der Waals surface area (Å²) in [7, 11) is 0. The smallest absolute Gasteiger partial charge is 0.226 e. The topological polar surface area (TPSA) is 61.4 Å². The van der Waals surface area contributed by atoms with E-state index in [2.05, 4.69) is 41.8 Å². The molecule has 5 heteroatoms. The molecule has 27 heavy (non-hydrogen) atoms. The van der Waals surface area contributed by atoms with Crippen molar-refractivity contribution in [2.75, 3.05) is 26.2 Å². The van der Waals surface area contributed by atoms with Crippen LogP contribution in [0, 0.1) is 18.8 Å². The molecular weight excluding hydrogens is 338 g/mol. The van der Waals surface area contributed by atoms with E-state index in [1.165, 1.54) is 11.1 Å². The van der Waals surface area contributed by atoms with Crippen LogP contribution in [0.5, 0.6) is 0 Å². The van der Waals surface area contributed by atoms with Crippen molar-refractivity contribution in [3.8, 4) is 0 Å². The molecule has 2 saturated heterocycles. The zero-order valence-electron chi connectivity index (χ0n) is 16.3. The van der Waals surface area contributed by atoms with Gasteiger partial charge in [-0.3, -0.25) is 9.59 Å². The molecule has 1 saturated carbocycles. The number of aryl methyl sites for hydroxylation is 1. The fourth-order valence-corrected chi connectivity index (χ4v) is 4.60. The number of nitrogens with one attached hydrogen (secondary N) is 2. The molecular formula is C22H31N3O2. The number of rotatable bonds is 5. The van der Waals surface area contributed by atoms with Crippen LogP contribution in [0.25, 0.3) is 0 Å². The Morgan fingerprint density at radius 1 is 1.19 bits per heavy atom. The van der Waals surface area contributed by atoms with E-state index in [-0.39, 0.29) is 29.2 Å². The van der Waals surface area contributed by atoms with Crippen molar-refractivity contribution in [2.45, 2.75) is 51.0 Å². The summed E-state index contributed by atoms with van der Waals surface area (Å²) in [6.45, 7) is 5.24. The third-order valence-corrected chi connectivity index (χ3v) is 6.36. The van der Waals surface area contributed by atoms with Crippen molar-refractivity contribution in [3.63, 3.8) is 0 Å². The SMILES string of the molecule is Cc1cccc(CC2(NC(=O)[C@H]3CNC[C@H](C(=O)N4CCCC4)C3)CC2)c1. The first-order chi connectivity index (χ1) is 13.0. The molecule has 3 aliphatic rings. The monoisotopic (exact) mass is 369 g/mol. The number of likely N-dealkylation sites (tertiary alicyclic amines) is 1. The molecule has 0 aromatic heterocycles. The molecule has 0 spiro atoms. The average Bonchev–Trinajstić information content (AvgIpc) is 3.19. The average molecular weight is 370 g/mol. The number of benzene rings is 1. The second-order valence-electron chi connectivity index (χ2n) is 8.76. The van der Waals surface area contributed by atoms with Gasteiger partial charge in [-0.05, 0) is 51.0 Å². The number of carbonyl (C=O) groups excluding carboxylic acids is 2. The molecule has 4 rings (SSSR count). The molecule has 2 heterocycles. The first-order valence-corrected chi connectivity index (χ1v) is 10.4. The van der Waals surface area contributed by atoms with Crippen LogP contribution < -0.4 is 10.6 Å². The number of carbonyl (C=O) groups is 2. The molecule has 1 aliphatic carbocycles. The Balaban J connectivity index is 1.34. The van der Waals surface area contributed by atoms with Crippen molar-refractivity contribution < 1.29 is 9.59 Å². The molecule has 2 N–H and O–H groups in total. The molecule has 0 radical (unpaired) electrons. The van der Waals surface area contributed by atoms with E-state index in [0.29, 0.717) is 19.5 Å². The van der Waals surface area contributed by atoms with Gasteiger partial charge in [0, 0.05) is 31.7 Å². The molecule has 1 aromatic carbocycles. The minimum Gasteiger partial charge on any atom is -0.350 e. The van der Waals surface area contributed by atoms with E-state index in [9.17, 15) is 9.59 Å². The summed E-state index contributed by atoms with van der Waals surface area (Å²) in [6.07, 6.45) is 5.88. The molecule has 2 amide bonds. The number of nitrogens with zero attached hydrogens (tertiary/aromatic N) is 1. The maximum Gasteiger partial charge on any atom is 0.226 e. The lowest BCUT2D eigenvalue weighted by Gasteiger charge is -2.32. The predicted octanol–water partition coefficient (Wildman–Crippen LogP) is 2.03. The van der Waals surface area contributed by atoms with Gasteiger partial charge in [-0.15, -0.1) is 0 Å². The lowest BCUT2D eigenvalue weighted by atomic mass is 9.88. The maximum atomic E-state index is 12.9. The van der Waals surface area contributed by atoms with Crippen LogP contribution in [0.3, 0.4) is 0 Å². The van der Waals surface area contributed by atoms with Gasteiger partial charge >= 0.3 is 0 Å². The zero-order chi connectivity index (χ0) is 18.9. The van der Waals surface area contributed by atoms with Crippen molar-refractivity contribution in [1.82, 2.24) is 15.5 Å². The van der Waals surface area contributed by atoms with Crippen molar-refractivity contribution >= 4 is 11.8 Å². The van der Waals surface area contributed by atoms with Crippen molar-refractivity contribution in [1.29, 1.82) is 0 Å². The van der Waals surface area contributed by atoms with E-state index in [1.807, 2.05) is 4.90 Å². The summed E-state index contributed by atoms with van der Waals surface area (Å²) in [6, 6.07) is 8.54. The van der Waals surface area contributed by atoms with Crippen LogP contribution in [-0.2, 0) is 16.0 Å². The molecule has 2 atom stereocenters. The molecule has 2 aliphatic heterocycles. The quantitative estimate of drug-likeness (QED) is 0.835. The highest BCUT2D eigenvalue weighted by atomic mass is 16.2. The van der Waals surface area contributed by atoms with E-state index >= 15 is 0 Å². The van der Waals surface area contributed by atoms with Crippen LogP contribution in [0.2, 0.25) is 0 Å². The van der Waals surface area contributed by atoms with Crippen molar-refractivity contribution in [2.24, 2.45) is 11.8 Å². The molecule has 5 nitrogen and oxygen atoms in total. The summed E-state index contributed by atoms with van der Waals surface area (Å²) in [5.41, 5.74) is 2.47. The number of piperidine rings is 1. The molecule has 0 bridgehead atoms. The van der Waals surface area contributed by atoms with Crippen LogP contribution in [0.15, 0.2) is 24.3 Å². The van der Waals surface area contributed by atoms with Crippen molar-refractivity contribution in [3.05, 3.63) is 35.4 Å². The summed E-state index contributed by atoms with van der Waals surface area (Å²) < 4.78 is 0. The van der Waals surface area contributed by atoms with E-state index < -0.39 is 0 Å². The Labute approximate surface area is 161 Å². The second-order valence-corrected chi connectivity index (χ2v) is 8.76. The lowest BCUT2D eigenvalue weighted by Crippen LogP contribution is -2.51. The third kappa shape index (κ3) is 4.34. The number of amides is 2. The fourth-order valence-electron chi connectivity index (χ4n) is 4.60. The van der Waals surface area contributed by atoms with Gasteiger partial charge in [-0.25, -0.2) is 0 Å². The normalized spacial score (nSPS) is 26.6. The highest BCUT2D eigenvalue weighted by molar-refractivity contribution is 5.83. The van der Waals surface area contributed by atoms with Gasteiger partial charge < -0.3 is 15.5 Å². The van der Waals surface area contributed by atoms with Crippen LogP contribution in [0.4, 0.5) is 0 Å². The summed E-state index contributed by atoms with van der Waals surface area (Å²) in [4.78, 5) is 27.6. The third-order valence-electron chi connectivity index (χ3n) is 6.36. The van der Waals surface area contributed by atoms with E-state index in [4.69, 9.17) is 0 Å². The maximum absolute atomic E-state index is 12.9. The first kappa shape index (κ1) is 18.5. The Morgan fingerprint density at radius 3 is 2.63 bits per heavy atom. The van der Waals surface area contributed by atoms with Gasteiger partial charge in [0.25, 0.3) is 0 Å². The van der Waals surface area contributed by atoms with E-state index in [1.54, 1.807) is 0 Å². The molecule has 146 valence electrons. The Bertz CT molecular complexity index is 707. The Morgan fingerprint density at radius 2 is 1.93 bits per heavy atom. The minimum absolute atomic E-state index is 0.0560. The van der Waals surface area contributed by atoms with Gasteiger partial charge in [-0.2, -0.15) is 0 Å². The summed E-state index contributed by atoms with van der Waals surface area (Å²) >= 11 is 0.